The predicted molar refractivity (Wildman–Crippen MR) is 87.8 cm³/mol. The summed E-state index contributed by atoms with van der Waals surface area (Å²) < 4.78 is 15.4. The van der Waals surface area contributed by atoms with E-state index >= 15 is 0 Å². The molecule has 0 saturated carbocycles. The van der Waals surface area contributed by atoms with Crippen LogP contribution < -0.4 is 0 Å². The molecule has 2 aromatic rings. The normalized spacial score (nSPS) is 22.0. The van der Waals surface area contributed by atoms with Crippen molar-refractivity contribution in [2.24, 2.45) is 5.41 Å². The van der Waals surface area contributed by atoms with Crippen LogP contribution in [0.2, 0.25) is 0 Å². The van der Waals surface area contributed by atoms with Gasteiger partial charge in [0, 0.05) is 31.4 Å². The van der Waals surface area contributed by atoms with Crippen molar-refractivity contribution >= 4 is 0 Å². The van der Waals surface area contributed by atoms with E-state index in [1.54, 1.807) is 29.1 Å². The molecule has 1 atom stereocenters. The lowest BCUT2D eigenvalue weighted by atomic mass is 9.87. The first-order valence-electron chi connectivity index (χ1n) is 8.12. The molecule has 1 fully saturated rings. The maximum Gasteiger partial charge on any atom is 0.148 e. The van der Waals surface area contributed by atoms with Crippen LogP contribution in [-0.4, -0.2) is 39.0 Å². The number of aromatic nitrogens is 2. The van der Waals surface area contributed by atoms with E-state index in [-0.39, 0.29) is 17.3 Å². The summed E-state index contributed by atoms with van der Waals surface area (Å²) in [5, 5.41) is 14.3. The average Bonchev–Trinajstić information content (AvgIpc) is 2.87. The van der Waals surface area contributed by atoms with Crippen molar-refractivity contribution < 1.29 is 9.50 Å². The summed E-state index contributed by atoms with van der Waals surface area (Å²) in [5.41, 5.74) is 1.61. The predicted octanol–water partition coefficient (Wildman–Crippen LogP) is 2.99. The molecule has 0 unspecified atom stereocenters. The molecule has 3 rings (SSSR count). The highest BCUT2D eigenvalue weighted by molar-refractivity contribution is 5.32. The summed E-state index contributed by atoms with van der Waals surface area (Å²) in [6.45, 7) is 6.96. The minimum absolute atomic E-state index is 0.0947. The van der Waals surface area contributed by atoms with Crippen LogP contribution in [0.15, 0.2) is 36.7 Å². The van der Waals surface area contributed by atoms with Crippen LogP contribution in [0.3, 0.4) is 0 Å². The van der Waals surface area contributed by atoms with Crippen LogP contribution >= 0.6 is 0 Å². The monoisotopic (exact) mass is 317 g/mol. The fourth-order valence-corrected chi connectivity index (χ4v) is 3.42. The lowest BCUT2D eigenvalue weighted by molar-refractivity contribution is 0.121. The Labute approximate surface area is 136 Å². The minimum Gasteiger partial charge on any atom is -0.393 e. The largest absolute Gasteiger partial charge is 0.393 e. The summed E-state index contributed by atoms with van der Waals surface area (Å²) in [4.78, 5) is 2.35. The second kappa shape index (κ2) is 6.42. The highest BCUT2D eigenvalue weighted by atomic mass is 19.1. The van der Waals surface area contributed by atoms with E-state index in [1.807, 2.05) is 6.20 Å². The fourth-order valence-electron chi connectivity index (χ4n) is 3.42. The topological polar surface area (TPSA) is 41.3 Å². The highest BCUT2D eigenvalue weighted by Crippen LogP contribution is 2.29. The van der Waals surface area contributed by atoms with Gasteiger partial charge in [0.1, 0.15) is 11.5 Å². The van der Waals surface area contributed by atoms with Gasteiger partial charge in [0.25, 0.3) is 0 Å². The van der Waals surface area contributed by atoms with Crippen molar-refractivity contribution in [3.63, 3.8) is 0 Å². The van der Waals surface area contributed by atoms with Gasteiger partial charge in [-0.05, 0) is 30.4 Å². The Morgan fingerprint density at radius 3 is 2.91 bits per heavy atom. The molecular weight excluding hydrogens is 293 g/mol. The van der Waals surface area contributed by atoms with Crippen LogP contribution in [0.1, 0.15) is 32.3 Å². The molecule has 2 heterocycles. The third-order valence-electron chi connectivity index (χ3n) is 4.36. The molecule has 0 aliphatic carbocycles. The van der Waals surface area contributed by atoms with Gasteiger partial charge in [-0.3, -0.25) is 4.90 Å². The number of likely N-dealkylation sites (tertiary alicyclic amines) is 1. The summed E-state index contributed by atoms with van der Waals surface area (Å²) in [6.07, 6.45) is 5.08. The second-order valence-corrected chi connectivity index (χ2v) is 7.27. The van der Waals surface area contributed by atoms with Gasteiger partial charge in [-0.25, -0.2) is 9.07 Å². The van der Waals surface area contributed by atoms with E-state index in [2.05, 4.69) is 23.8 Å². The number of aliphatic hydroxyl groups excluding tert-OH is 1. The number of halogens is 1. The lowest BCUT2D eigenvalue weighted by Gasteiger charge is -2.29. The van der Waals surface area contributed by atoms with Crippen molar-refractivity contribution in [3.8, 4) is 5.69 Å². The molecule has 1 aromatic carbocycles. The Balaban J connectivity index is 1.73. The molecule has 1 aromatic heterocycles. The molecule has 1 N–H and O–H groups in total. The molecule has 1 aliphatic heterocycles. The highest BCUT2D eigenvalue weighted by Gasteiger charge is 2.29. The van der Waals surface area contributed by atoms with Gasteiger partial charge < -0.3 is 5.11 Å². The maximum absolute atomic E-state index is 13.8. The zero-order valence-corrected chi connectivity index (χ0v) is 13.7. The van der Waals surface area contributed by atoms with Gasteiger partial charge in [-0.2, -0.15) is 5.10 Å². The van der Waals surface area contributed by atoms with Gasteiger partial charge in [-0.1, -0.05) is 26.0 Å². The van der Waals surface area contributed by atoms with Crippen LogP contribution in [0.4, 0.5) is 4.39 Å². The van der Waals surface area contributed by atoms with Gasteiger partial charge in [-0.15, -0.1) is 0 Å². The van der Waals surface area contributed by atoms with Gasteiger partial charge in [0.05, 0.1) is 12.3 Å². The average molecular weight is 317 g/mol. The molecular formula is C18H24FN3O. The van der Waals surface area contributed by atoms with Crippen LogP contribution in [0.5, 0.6) is 0 Å². The van der Waals surface area contributed by atoms with Crippen LogP contribution in [0, 0.1) is 11.2 Å². The zero-order valence-electron chi connectivity index (χ0n) is 13.7. The SMILES string of the molecule is CC1(C)C[C@@H](O)CCN(Cc2cnn(-c3ccccc3F)c2)C1. The Bertz CT molecular complexity index is 668. The van der Waals surface area contributed by atoms with Crippen molar-refractivity contribution in [3.05, 3.63) is 48.0 Å². The Morgan fingerprint density at radius 2 is 2.13 bits per heavy atom. The Morgan fingerprint density at radius 1 is 1.35 bits per heavy atom. The quantitative estimate of drug-likeness (QED) is 0.946. The molecule has 5 heteroatoms. The summed E-state index contributed by atoms with van der Waals surface area (Å²) in [5.74, 6) is -0.277. The summed E-state index contributed by atoms with van der Waals surface area (Å²) in [7, 11) is 0. The van der Waals surface area contributed by atoms with Crippen LogP contribution in [0.25, 0.3) is 5.69 Å². The molecule has 1 aliphatic rings. The third kappa shape index (κ3) is 3.98. The zero-order chi connectivity index (χ0) is 16.4. The smallest absolute Gasteiger partial charge is 0.148 e. The number of para-hydroxylation sites is 1. The summed E-state index contributed by atoms with van der Waals surface area (Å²) >= 11 is 0. The van der Waals surface area contributed by atoms with Crippen molar-refractivity contribution in [1.82, 2.24) is 14.7 Å². The first kappa shape index (κ1) is 16.1. The molecule has 4 nitrogen and oxygen atoms in total. The molecule has 23 heavy (non-hydrogen) atoms. The second-order valence-electron chi connectivity index (χ2n) is 7.27. The molecule has 0 bridgehead atoms. The van der Waals surface area contributed by atoms with Gasteiger partial charge >= 0.3 is 0 Å². The number of hydrogen-bond donors (Lipinski definition) is 1. The Kier molecular flexibility index (Phi) is 4.50. The fraction of sp³-hybridized carbons (Fsp3) is 0.500. The number of rotatable bonds is 3. The standard InChI is InChI=1S/C18H24FN3O/c1-18(2)9-15(23)7-8-21(13-18)11-14-10-20-22(12-14)17-6-4-3-5-16(17)19/h3-6,10,12,15,23H,7-9,11,13H2,1-2H3/t15-/m0/s1. The molecule has 0 spiro atoms. The minimum atomic E-state index is -0.277. The molecule has 124 valence electrons. The molecule has 1 saturated heterocycles. The van der Waals surface area contributed by atoms with E-state index in [0.29, 0.717) is 5.69 Å². The van der Waals surface area contributed by atoms with Crippen LogP contribution in [-0.2, 0) is 6.54 Å². The molecule has 0 amide bonds. The van der Waals surface area contributed by atoms with Crippen molar-refractivity contribution in [2.75, 3.05) is 13.1 Å². The van der Waals surface area contributed by atoms with Crippen molar-refractivity contribution in [1.29, 1.82) is 0 Å². The number of hydrogen-bond acceptors (Lipinski definition) is 3. The number of benzene rings is 1. The molecule has 0 radical (unpaired) electrons. The van der Waals surface area contributed by atoms with E-state index in [0.717, 1.165) is 38.0 Å². The van der Waals surface area contributed by atoms with Crippen molar-refractivity contribution in [2.45, 2.75) is 39.3 Å². The van der Waals surface area contributed by atoms with E-state index in [4.69, 9.17) is 0 Å². The maximum atomic E-state index is 13.8. The van der Waals surface area contributed by atoms with E-state index < -0.39 is 0 Å². The summed E-state index contributed by atoms with van der Waals surface area (Å²) in [6, 6.07) is 6.64. The first-order chi connectivity index (χ1) is 10.9. The number of aliphatic hydroxyl groups is 1. The number of nitrogens with zero attached hydrogens (tertiary/aromatic N) is 3. The van der Waals surface area contributed by atoms with E-state index in [9.17, 15) is 9.50 Å². The van der Waals surface area contributed by atoms with Gasteiger partial charge in [0.15, 0.2) is 0 Å². The first-order valence-corrected chi connectivity index (χ1v) is 8.12. The lowest BCUT2D eigenvalue weighted by Crippen LogP contribution is -2.32. The Hall–Kier alpha value is -1.72. The van der Waals surface area contributed by atoms with E-state index in [1.165, 1.54) is 6.07 Å². The van der Waals surface area contributed by atoms with Gasteiger partial charge in [0.2, 0.25) is 0 Å². The third-order valence-corrected chi connectivity index (χ3v) is 4.36.